The summed E-state index contributed by atoms with van der Waals surface area (Å²) >= 11 is 0. The molecule has 1 aromatic rings. The van der Waals surface area contributed by atoms with Crippen LogP contribution in [0, 0.1) is 0 Å². The normalized spacial score (nSPS) is 14.1. The number of carbonyl (C=O) groups is 3. The Labute approximate surface area is 96.1 Å². The van der Waals surface area contributed by atoms with Gasteiger partial charge in [0.2, 0.25) is 0 Å². The number of rotatable bonds is 1. The van der Waals surface area contributed by atoms with E-state index in [0.29, 0.717) is 10.6 Å². The number of primary amides is 1. The van der Waals surface area contributed by atoms with Crippen LogP contribution >= 0.6 is 0 Å². The van der Waals surface area contributed by atoms with Crippen molar-refractivity contribution in [2.24, 2.45) is 5.73 Å². The van der Waals surface area contributed by atoms with E-state index in [2.05, 4.69) is 5.32 Å². The molecule has 2 rings (SSSR count). The maximum Gasteiger partial charge on any atom is 0.359 e. The lowest BCUT2D eigenvalue weighted by atomic mass is 10.1. The van der Waals surface area contributed by atoms with Gasteiger partial charge in [-0.1, -0.05) is 0 Å². The first-order valence-electron chi connectivity index (χ1n) is 4.62. The molecule has 7 heteroatoms. The number of nitrogens with zero attached hydrogens (tertiary/aromatic N) is 2. The SMILES string of the molecule is COc1ccc2c(c1)C(=O)[N]C(=O)N2C(N)=O. The van der Waals surface area contributed by atoms with Crippen LogP contribution < -0.4 is 20.7 Å². The summed E-state index contributed by atoms with van der Waals surface area (Å²) in [5.41, 5.74) is 5.27. The monoisotopic (exact) mass is 234 g/mol. The average molecular weight is 234 g/mol. The Hall–Kier alpha value is -2.57. The molecule has 0 saturated heterocycles. The maximum absolute atomic E-state index is 11.5. The number of methoxy groups -OCH3 is 1. The summed E-state index contributed by atoms with van der Waals surface area (Å²) in [4.78, 5) is 34.6. The Kier molecular flexibility index (Phi) is 2.43. The highest BCUT2D eigenvalue weighted by Crippen LogP contribution is 2.28. The third kappa shape index (κ3) is 1.67. The zero-order chi connectivity index (χ0) is 12.6. The molecule has 5 amide bonds. The van der Waals surface area contributed by atoms with Crippen molar-refractivity contribution in [1.29, 1.82) is 0 Å². The predicted molar refractivity (Wildman–Crippen MR) is 56.9 cm³/mol. The van der Waals surface area contributed by atoms with Gasteiger partial charge in [-0.2, -0.15) is 5.32 Å². The molecule has 0 spiro atoms. The molecule has 7 nitrogen and oxygen atoms in total. The second-order valence-electron chi connectivity index (χ2n) is 3.26. The number of hydrogen-bond donors (Lipinski definition) is 1. The van der Waals surface area contributed by atoms with Crippen LogP contribution in [0.25, 0.3) is 0 Å². The number of nitrogens with two attached hydrogens (primary N) is 1. The van der Waals surface area contributed by atoms with Crippen molar-refractivity contribution in [3.05, 3.63) is 23.8 Å². The molecule has 0 aliphatic carbocycles. The number of fused-ring (bicyclic) bond motifs is 1. The topological polar surface area (TPSA) is 104 Å². The highest BCUT2D eigenvalue weighted by molar-refractivity contribution is 6.25. The Balaban J connectivity index is 2.59. The Morgan fingerprint density at radius 2 is 2.12 bits per heavy atom. The zero-order valence-electron chi connectivity index (χ0n) is 8.84. The van der Waals surface area contributed by atoms with E-state index in [-0.39, 0.29) is 11.3 Å². The summed E-state index contributed by atoms with van der Waals surface area (Å²) in [5.74, 6) is -0.299. The number of anilines is 1. The van der Waals surface area contributed by atoms with Crippen molar-refractivity contribution < 1.29 is 19.1 Å². The van der Waals surface area contributed by atoms with E-state index in [4.69, 9.17) is 10.5 Å². The summed E-state index contributed by atoms with van der Waals surface area (Å²) in [6.07, 6.45) is 0. The largest absolute Gasteiger partial charge is 0.497 e. The number of benzene rings is 1. The fourth-order valence-corrected chi connectivity index (χ4v) is 1.52. The summed E-state index contributed by atoms with van der Waals surface area (Å²) in [6, 6.07) is 2.34. The van der Waals surface area contributed by atoms with Gasteiger partial charge in [-0.05, 0) is 18.2 Å². The van der Waals surface area contributed by atoms with Gasteiger partial charge in [-0.3, -0.25) is 4.79 Å². The summed E-state index contributed by atoms with van der Waals surface area (Å²) < 4.78 is 4.94. The molecule has 0 unspecified atom stereocenters. The second kappa shape index (κ2) is 3.78. The minimum Gasteiger partial charge on any atom is -0.497 e. The van der Waals surface area contributed by atoms with Crippen molar-refractivity contribution in [1.82, 2.24) is 5.32 Å². The van der Waals surface area contributed by atoms with Gasteiger partial charge in [0.25, 0.3) is 5.91 Å². The van der Waals surface area contributed by atoms with Crippen molar-refractivity contribution in [3.8, 4) is 5.75 Å². The molecule has 0 saturated carbocycles. The first-order valence-corrected chi connectivity index (χ1v) is 4.62. The van der Waals surface area contributed by atoms with Crippen LogP contribution in [-0.4, -0.2) is 25.1 Å². The van der Waals surface area contributed by atoms with E-state index >= 15 is 0 Å². The van der Waals surface area contributed by atoms with Crippen molar-refractivity contribution in [3.63, 3.8) is 0 Å². The lowest BCUT2D eigenvalue weighted by Gasteiger charge is -2.24. The van der Waals surface area contributed by atoms with E-state index in [1.54, 1.807) is 0 Å². The van der Waals surface area contributed by atoms with Crippen LogP contribution in [0.1, 0.15) is 10.4 Å². The van der Waals surface area contributed by atoms with E-state index < -0.39 is 18.0 Å². The molecule has 87 valence electrons. The fourth-order valence-electron chi connectivity index (χ4n) is 1.52. The van der Waals surface area contributed by atoms with Gasteiger partial charge in [-0.15, -0.1) is 0 Å². The van der Waals surface area contributed by atoms with Gasteiger partial charge >= 0.3 is 12.1 Å². The van der Waals surface area contributed by atoms with Gasteiger partial charge in [0.15, 0.2) is 0 Å². The van der Waals surface area contributed by atoms with Gasteiger partial charge < -0.3 is 10.5 Å². The molecule has 1 aliphatic heterocycles. The molecule has 1 aliphatic rings. The first kappa shape index (κ1) is 10.9. The van der Waals surface area contributed by atoms with E-state index in [9.17, 15) is 14.4 Å². The molecule has 17 heavy (non-hydrogen) atoms. The Bertz CT molecular complexity index is 526. The van der Waals surface area contributed by atoms with Crippen LogP contribution in [0.4, 0.5) is 15.3 Å². The van der Waals surface area contributed by atoms with E-state index in [1.165, 1.54) is 25.3 Å². The molecule has 0 fully saturated rings. The lowest BCUT2D eigenvalue weighted by molar-refractivity contribution is 0.0958. The van der Waals surface area contributed by atoms with Crippen molar-refractivity contribution >= 4 is 23.7 Å². The fraction of sp³-hybridized carbons (Fsp3) is 0.100. The third-order valence-electron chi connectivity index (χ3n) is 2.28. The summed E-state index contributed by atoms with van der Waals surface area (Å²) in [7, 11) is 1.43. The smallest absolute Gasteiger partial charge is 0.359 e. The van der Waals surface area contributed by atoms with Crippen LogP contribution in [0.15, 0.2) is 18.2 Å². The average Bonchev–Trinajstić information content (AvgIpc) is 2.28. The quantitative estimate of drug-likeness (QED) is 0.761. The van der Waals surface area contributed by atoms with Gasteiger partial charge in [-0.25, -0.2) is 14.5 Å². The molecule has 1 radical (unpaired) electrons. The van der Waals surface area contributed by atoms with Gasteiger partial charge in [0.1, 0.15) is 5.75 Å². The number of hydrogen-bond acceptors (Lipinski definition) is 4. The van der Waals surface area contributed by atoms with Crippen LogP contribution in [0.2, 0.25) is 0 Å². The molecule has 0 atom stereocenters. The summed E-state index contributed by atoms with van der Waals surface area (Å²) in [6.45, 7) is 0. The van der Waals surface area contributed by atoms with Crippen molar-refractivity contribution in [2.45, 2.75) is 0 Å². The standard InChI is InChI=1S/C10H8N3O4/c1-17-5-2-3-7-6(4-5)8(14)12-10(16)13(7)9(11)15/h2-4H,1H3,(H2,11,15). The van der Waals surface area contributed by atoms with Crippen LogP contribution in [0.3, 0.4) is 0 Å². The zero-order valence-corrected chi connectivity index (χ0v) is 8.84. The highest BCUT2D eigenvalue weighted by atomic mass is 16.5. The van der Waals surface area contributed by atoms with Crippen LogP contribution in [-0.2, 0) is 0 Å². The van der Waals surface area contributed by atoms with Gasteiger partial charge in [0, 0.05) is 0 Å². The molecule has 1 aromatic carbocycles. The molecule has 0 aromatic heterocycles. The highest BCUT2D eigenvalue weighted by Gasteiger charge is 2.34. The Morgan fingerprint density at radius 1 is 1.41 bits per heavy atom. The molecular formula is C10H8N3O4. The second-order valence-corrected chi connectivity index (χ2v) is 3.26. The minimum atomic E-state index is -0.988. The van der Waals surface area contributed by atoms with Gasteiger partial charge in [0.05, 0.1) is 18.4 Å². The number of imide groups is 2. The number of carbonyl (C=O) groups excluding carboxylic acids is 3. The van der Waals surface area contributed by atoms with Crippen LogP contribution in [0.5, 0.6) is 5.75 Å². The number of urea groups is 2. The molecule has 1 heterocycles. The number of amides is 5. The van der Waals surface area contributed by atoms with E-state index in [1.807, 2.05) is 0 Å². The predicted octanol–water partition coefficient (Wildman–Crippen LogP) is 0.459. The van der Waals surface area contributed by atoms with Crippen molar-refractivity contribution in [2.75, 3.05) is 12.0 Å². The first-order chi connectivity index (χ1) is 8.04. The summed E-state index contributed by atoms with van der Waals surface area (Å²) in [5, 5.41) is 3.19. The molecular weight excluding hydrogens is 226 g/mol. The third-order valence-corrected chi connectivity index (χ3v) is 2.28. The Morgan fingerprint density at radius 3 is 2.71 bits per heavy atom. The van der Waals surface area contributed by atoms with E-state index in [0.717, 1.165) is 0 Å². The minimum absolute atomic E-state index is 0.0998. The number of ether oxygens (including phenoxy) is 1. The molecule has 2 N–H and O–H groups in total. The maximum atomic E-state index is 11.5. The lowest BCUT2D eigenvalue weighted by Crippen LogP contribution is -2.49. The molecule has 0 bridgehead atoms.